The molecule has 1 heterocycles. The van der Waals surface area contributed by atoms with E-state index in [1.165, 1.54) is 11.8 Å². The van der Waals surface area contributed by atoms with Gasteiger partial charge in [0.2, 0.25) is 0 Å². The van der Waals surface area contributed by atoms with Gasteiger partial charge in [0, 0.05) is 6.20 Å². The largest absolute Gasteiger partial charge is 0.455 e. The fourth-order valence-corrected chi connectivity index (χ4v) is 1.61. The van der Waals surface area contributed by atoms with E-state index in [2.05, 4.69) is 25.9 Å². The van der Waals surface area contributed by atoms with Crippen molar-refractivity contribution < 1.29 is 9.53 Å². The van der Waals surface area contributed by atoms with Crippen molar-refractivity contribution in [3.63, 3.8) is 0 Å². The summed E-state index contributed by atoms with van der Waals surface area (Å²) < 4.78 is 5.78. The summed E-state index contributed by atoms with van der Waals surface area (Å²) in [5.74, 6) is -0.447. The summed E-state index contributed by atoms with van der Waals surface area (Å²) in [5.41, 5.74) is -0.268. The van der Waals surface area contributed by atoms with E-state index in [-0.39, 0.29) is 5.69 Å². The van der Waals surface area contributed by atoms with Gasteiger partial charge in [-0.1, -0.05) is 11.8 Å². The third-order valence-electron chi connectivity index (χ3n) is 1.50. The lowest BCUT2D eigenvalue weighted by molar-refractivity contribution is 0.00605. The molecule has 88 valence electrons. The van der Waals surface area contributed by atoms with Crippen molar-refractivity contribution in [1.82, 2.24) is 9.97 Å². The fourth-order valence-electron chi connectivity index (χ4n) is 0.919. The maximum atomic E-state index is 11.8. The van der Waals surface area contributed by atoms with Gasteiger partial charge in [-0.05, 0) is 43.0 Å². The smallest absolute Gasteiger partial charge is 0.358 e. The molecule has 0 radical (unpaired) electrons. The average molecular weight is 305 g/mol. The molecule has 1 rings (SSSR count). The van der Waals surface area contributed by atoms with E-state index >= 15 is 0 Å². The van der Waals surface area contributed by atoms with Crippen LogP contribution in [0.5, 0.6) is 0 Å². The number of hydrogen-bond acceptors (Lipinski definition) is 5. The molecule has 0 bridgehead atoms. The number of thioether (sulfide) groups is 1. The second-order valence-electron chi connectivity index (χ2n) is 4.06. The summed E-state index contributed by atoms with van der Waals surface area (Å²) in [6, 6.07) is 0. The topological polar surface area (TPSA) is 52.1 Å². The number of rotatable bonds is 2. The van der Waals surface area contributed by atoms with Gasteiger partial charge in [0.05, 0.1) is 4.47 Å². The summed E-state index contributed by atoms with van der Waals surface area (Å²) in [7, 11) is 0. The minimum absolute atomic E-state index is 0.259. The van der Waals surface area contributed by atoms with E-state index in [1.807, 2.05) is 27.0 Å². The molecule has 0 saturated heterocycles. The Morgan fingerprint density at radius 2 is 2.12 bits per heavy atom. The van der Waals surface area contributed by atoms with Crippen LogP contribution < -0.4 is 0 Å². The van der Waals surface area contributed by atoms with Gasteiger partial charge in [-0.2, -0.15) is 0 Å². The number of nitrogens with zero attached hydrogens (tertiary/aromatic N) is 2. The number of aromatic nitrogens is 2. The standard InChI is InChI=1S/C10H13BrN2O2S/c1-10(2,3)15-8(14)7-6(11)5-12-9(13-7)16-4/h5H,1-4H3. The molecule has 0 N–H and O–H groups in total. The maximum Gasteiger partial charge on any atom is 0.358 e. The second-order valence-corrected chi connectivity index (χ2v) is 5.68. The first kappa shape index (κ1) is 13.4. The van der Waals surface area contributed by atoms with Crippen LogP contribution in [-0.4, -0.2) is 27.8 Å². The fraction of sp³-hybridized carbons (Fsp3) is 0.500. The van der Waals surface area contributed by atoms with Crippen LogP contribution in [0.2, 0.25) is 0 Å². The molecule has 0 aliphatic carbocycles. The summed E-state index contributed by atoms with van der Waals surface area (Å²) in [6.07, 6.45) is 3.40. The zero-order valence-electron chi connectivity index (χ0n) is 9.57. The average Bonchev–Trinajstić information content (AvgIpc) is 2.15. The molecule has 0 atom stereocenters. The molecule has 1 aromatic heterocycles. The number of ether oxygens (including phenoxy) is 1. The Bertz CT molecular complexity index is 404. The molecule has 0 fully saturated rings. The van der Waals surface area contributed by atoms with Crippen molar-refractivity contribution in [2.45, 2.75) is 31.5 Å². The molecule has 1 aromatic rings. The molecular formula is C10H13BrN2O2S. The highest BCUT2D eigenvalue weighted by molar-refractivity contribution is 9.10. The van der Waals surface area contributed by atoms with Gasteiger partial charge in [0.25, 0.3) is 0 Å². The van der Waals surface area contributed by atoms with Gasteiger partial charge in [-0.3, -0.25) is 0 Å². The third kappa shape index (κ3) is 3.75. The normalized spacial score (nSPS) is 11.3. The van der Waals surface area contributed by atoms with Gasteiger partial charge in [0.1, 0.15) is 5.60 Å². The van der Waals surface area contributed by atoms with Crippen molar-refractivity contribution >= 4 is 33.7 Å². The lowest BCUT2D eigenvalue weighted by Crippen LogP contribution is -2.25. The highest BCUT2D eigenvalue weighted by atomic mass is 79.9. The molecule has 6 heteroatoms. The molecule has 16 heavy (non-hydrogen) atoms. The van der Waals surface area contributed by atoms with Crippen LogP contribution in [0.3, 0.4) is 0 Å². The van der Waals surface area contributed by atoms with E-state index in [0.717, 1.165) is 0 Å². The Hall–Kier alpha value is -0.620. The number of carbonyl (C=O) groups is 1. The van der Waals surface area contributed by atoms with E-state index < -0.39 is 11.6 Å². The van der Waals surface area contributed by atoms with Gasteiger partial charge in [0.15, 0.2) is 10.9 Å². The highest BCUT2D eigenvalue weighted by Crippen LogP contribution is 2.20. The molecule has 0 amide bonds. The monoisotopic (exact) mass is 304 g/mol. The Balaban J connectivity index is 2.98. The molecule has 0 aliphatic rings. The van der Waals surface area contributed by atoms with Crippen molar-refractivity contribution in [3.8, 4) is 0 Å². The number of hydrogen-bond donors (Lipinski definition) is 0. The van der Waals surface area contributed by atoms with Crippen LogP contribution in [0.1, 0.15) is 31.3 Å². The van der Waals surface area contributed by atoms with E-state index in [0.29, 0.717) is 9.63 Å². The van der Waals surface area contributed by atoms with Crippen molar-refractivity contribution in [2.24, 2.45) is 0 Å². The number of esters is 1. The minimum atomic E-state index is -0.527. The molecule has 0 aromatic carbocycles. The Morgan fingerprint density at radius 1 is 1.50 bits per heavy atom. The highest BCUT2D eigenvalue weighted by Gasteiger charge is 2.21. The summed E-state index contributed by atoms with van der Waals surface area (Å²) >= 11 is 4.61. The molecule has 4 nitrogen and oxygen atoms in total. The first-order valence-corrected chi connectivity index (χ1v) is 6.65. The summed E-state index contributed by atoms with van der Waals surface area (Å²) in [6.45, 7) is 5.44. The zero-order chi connectivity index (χ0) is 12.3. The van der Waals surface area contributed by atoms with Crippen LogP contribution in [0, 0.1) is 0 Å². The first-order valence-electron chi connectivity index (χ1n) is 4.63. The predicted molar refractivity (Wildman–Crippen MR) is 66.7 cm³/mol. The number of carbonyl (C=O) groups excluding carboxylic acids is 1. The lowest BCUT2D eigenvalue weighted by atomic mass is 10.2. The van der Waals surface area contributed by atoms with Crippen molar-refractivity contribution in [2.75, 3.05) is 6.26 Å². The van der Waals surface area contributed by atoms with Crippen LogP contribution >= 0.6 is 27.7 Å². The molecule has 0 aliphatic heterocycles. The van der Waals surface area contributed by atoms with Crippen LogP contribution in [0.4, 0.5) is 0 Å². The predicted octanol–water partition coefficient (Wildman–Crippen LogP) is 2.92. The lowest BCUT2D eigenvalue weighted by Gasteiger charge is -2.19. The van der Waals surface area contributed by atoms with E-state index in [1.54, 1.807) is 6.20 Å². The van der Waals surface area contributed by atoms with Gasteiger partial charge in [-0.15, -0.1) is 0 Å². The van der Waals surface area contributed by atoms with Crippen LogP contribution in [0.15, 0.2) is 15.8 Å². The SMILES string of the molecule is CSc1ncc(Br)c(C(=O)OC(C)(C)C)n1. The second kappa shape index (κ2) is 5.14. The number of halogens is 1. The zero-order valence-corrected chi connectivity index (χ0v) is 12.0. The molecule has 0 spiro atoms. The van der Waals surface area contributed by atoms with Crippen LogP contribution in [0.25, 0.3) is 0 Å². The Kier molecular flexibility index (Phi) is 4.32. The minimum Gasteiger partial charge on any atom is -0.455 e. The Labute approximate surface area is 107 Å². The molecule has 0 saturated carbocycles. The molecular weight excluding hydrogens is 292 g/mol. The molecule has 0 unspecified atom stereocenters. The van der Waals surface area contributed by atoms with Crippen LogP contribution in [-0.2, 0) is 4.74 Å². The maximum absolute atomic E-state index is 11.8. The first-order chi connectivity index (χ1) is 7.33. The summed E-state index contributed by atoms with van der Waals surface area (Å²) in [5, 5.41) is 0.545. The van der Waals surface area contributed by atoms with Crippen molar-refractivity contribution in [1.29, 1.82) is 0 Å². The summed E-state index contributed by atoms with van der Waals surface area (Å²) in [4.78, 5) is 19.9. The van der Waals surface area contributed by atoms with E-state index in [4.69, 9.17) is 4.74 Å². The third-order valence-corrected chi connectivity index (χ3v) is 2.64. The van der Waals surface area contributed by atoms with Gasteiger partial charge < -0.3 is 4.74 Å². The van der Waals surface area contributed by atoms with Crippen molar-refractivity contribution in [3.05, 3.63) is 16.4 Å². The quantitative estimate of drug-likeness (QED) is 0.478. The van der Waals surface area contributed by atoms with Gasteiger partial charge >= 0.3 is 5.97 Å². The van der Waals surface area contributed by atoms with E-state index in [9.17, 15) is 4.79 Å². The Morgan fingerprint density at radius 3 is 2.62 bits per heavy atom. The van der Waals surface area contributed by atoms with Gasteiger partial charge in [-0.25, -0.2) is 14.8 Å².